The Bertz CT molecular complexity index is 969. The lowest BCUT2D eigenvalue weighted by atomic mass is 10.0. The predicted molar refractivity (Wildman–Crippen MR) is 131 cm³/mol. The molecular formula is C25H36N4O4. The van der Waals surface area contributed by atoms with Gasteiger partial charge in [-0.2, -0.15) is 5.10 Å². The van der Waals surface area contributed by atoms with Gasteiger partial charge in [-0.15, -0.1) is 0 Å². The molecule has 0 radical (unpaired) electrons. The number of methoxy groups -OCH3 is 2. The van der Waals surface area contributed by atoms with E-state index >= 15 is 0 Å². The number of carbonyl (C=O) groups excluding carboxylic acids is 1. The van der Waals surface area contributed by atoms with E-state index in [0.29, 0.717) is 11.3 Å². The molecule has 1 fully saturated rings. The number of amides is 1. The van der Waals surface area contributed by atoms with Crippen LogP contribution in [0.15, 0.2) is 35.4 Å². The summed E-state index contributed by atoms with van der Waals surface area (Å²) in [5, 5.41) is 14.0. The molecule has 2 aromatic rings. The summed E-state index contributed by atoms with van der Waals surface area (Å²) in [5.41, 5.74) is 6.65. The molecule has 0 spiro atoms. The first-order chi connectivity index (χ1) is 15.4. The average Bonchev–Trinajstić information content (AvgIpc) is 2.78. The molecule has 8 nitrogen and oxygen atoms in total. The minimum atomic E-state index is -0.184. The van der Waals surface area contributed by atoms with Crippen LogP contribution in [0.25, 0.3) is 0 Å². The SMILES string of the molecule is C.COc1cc(CN2CCN(CC(=O)N/N=C/c3cccc(OC)c3O)CC2)cc(C)c1C. The van der Waals surface area contributed by atoms with Crippen LogP contribution in [0.4, 0.5) is 0 Å². The van der Waals surface area contributed by atoms with Crippen molar-refractivity contribution < 1.29 is 19.4 Å². The fourth-order valence-electron chi connectivity index (χ4n) is 3.79. The Morgan fingerprint density at radius 2 is 1.76 bits per heavy atom. The molecule has 0 aromatic heterocycles. The fraction of sp³-hybridized carbons (Fsp3) is 0.440. The van der Waals surface area contributed by atoms with Crippen LogP contribution in [0.1, 0.15) is 29.7 Å². The number of phenolic OH excluding ortho intramolecular Hbond substituents is 1. The highest BCUT2D eigenvalue weighted by Crippen LogP contribution is 2.28. The van der Waals surface area contributed by atoms with E-state index in [1.54, 1.807) is 25.3 Å². The molecule has 33 heavy (non-hydrogen) atoms. The van der Waals surface area contributed by atoms with Gasteiger partial charge in [0.2, 0.25) is 0 Å². The van der Waals surface area contributed by atoms with Crippen molar-refractivity contribution in [2.45, 2.75) is 27.8 Å². The fourth-order valence-corrected chi connectivity index (χ4v) is 3.79. The van der Waals surface area contributed by atoms with Gasteiger partial charge in [0.05, 0.1) is 27.0 Å². The molecule has 1 aliphatic rings. The Hall–Kier alpha value is -3.10. The smallest absolute Gasteiger partial charge is 0.254 e. The van der Waals surface area contributed by atoms with Gasteiger partial charge in [-0.25, -0.2) is 5.43 Å². The number of nitrogens with one attached hydrogen (secondary N) is 1. The topological polar surface area (TPSA) is 86.6 Å². The second-order valence-electron chi connectivity index (χ2n) is 7.98. The molecule has 1 heterocycles. The number of hydrogen-bond donors (Lipinski definition) is 2. The monoisotopic (exact) mass is 456 g/mol. The lowest BCUT2D eigenvalue weighted by molar-refractivity contribution is -0.122. The Labute approximate surface area is 196 Å². The molecule has 1 amide bonds. The number of rotatable bonds is 8. The molecule has 0 atom stereocenters. The lowest BCUT2D eigenvalue weighted by Gasteiger charge is -2.34. The Morgan fingerprint density at radius 1 is 1.09 bits per heavy atom. The molecule has 1 aliphatic heterocycles. The van der Waals surface area contributed by atoms with Crippen molar-refractivity contribution in [1.29, 1.82) is 0 Å². The van der Waals surface area contributed by atoms with E-state index in [4.69, 9.17) is 9.47 Å². The quantitative estimate of drug-likeness (QED) is 0.469. The zero-order valence-corrected chi connectivity index (χ0v) is 19.2. The predicted octanol–water partition coefficient (Wildman–Crippen LogP) is 2.93. The number of hydrazone groups is 1. The van der Waals surface area contributed by atoms with Gasteiger partial charge in [-0.3, -0.25) is 14.6 Å². The van der Waals surface area contributed by atoms with Crippen molar-refractivity contribution in [3.63, 3.8) is 0 Å². The number of benzene rings is 2. The molecule has 180 valence electrons. The second-order valence-corrected chi connectivity index (χ2v) is 7.98. The number of para-hydroxylation sites is 1. The number of hydrogen-bond acceptors (Lipinski definition) is 7. The van der Waals surface area contributed by atoms with Crippen molar-refractivity contribution >= 4 is 12.1 Å². The van der Waals surface area contributed by atoms with Crippen molar-refractivity contribution in [1.82, 2.24) is 15.2 Å². The van der Waals surface area contributed by atoms with Crippen molar-refractivity contribution in [3.8, 4) is 17.2 Å². The summed E-state index contributed by atoms with van der Waals surface area (Å²) in [6, 6.07) is 9.42. The molecule has 8 heteroatoms. The molecule has 0 aliphatic carbocycles. The summed E-state index contributed by atoms with van der Waals surface area (Å²) in [6.45, 7) is 8.75. The van der Waals surface area contributed by atoms with Crippen molar-refractivity contribution in [3.05, 3.63) is 52.6 Å². The maximum absolute atomic E-state index is 12.2. The summed E-state index contributed by atoms with van der Waals surface area (Å²) in [4.78, 5) is 16.7. The van der Waals surface area contributed by atoms with Crippen LogP contribution in [-0.2, 0) is 11.3 Å². The zero-order valence-electron chi connectivity index (χ0n) is 19.2. The van der Waals surface area contributed by atoms with Gasteiger partial charge in [0.25, 0.3) is 5.91 Å². The summed E-state index contributed by atoms with van der Waals surface area (Å²) in [7, 11) is 3.19. The highest BCUT2D eigenvalue weighted by atomic mass is 16.5. The largest absolute Gasteiger partial charge is 0.504 e. The number of carbonyl (C=O) groups is 1. The standard InChI is InChI=1S/C24H32N4O4.CH4/c1-17-12-19(13-22(32-4)18(17)2)15-27-8-10-28(11-9-27)16-23(29)26-25-14-20-6-5-7-21(31-3)24(20)30;/h5-7,12-14,30H,8-11,15-16H2,1-4H3,(H,26,29);1H4/b25-14+;. The molecule has 2 N–H and O–H groups in total. The maximum Gasteiger partial charge on any atom is 0.254 e. The molecule has 3 rings (SSSR count). The second kappa shape index (κ2) is 12.2. The van der Waals surface area contributed by atoms with E-state index < -0.39 is 0 Å². The summed E-state index contributed by atoms with van der Waals surface area (Å²) >= 11 is 0. The zero-order chi connectivity index (χ0) is 23.1. The maximum atomic E-state index is 12.2. The third-order valence-corrected chi connectivity index (χ3v) is 5.78. The van der Waals surface area contributed by atoms with E-state index in [-0.39, 0.29) is 25.6 Å². The van der Waals surface area contributed by atoms with Crippen LogP contribution in [-0.4, -0.2) is 74.0 Å². The first-order valence-electron chi connectivity index (χ1n) is 10.7. The van der Waals surface area contributed by atoms with Crippen LogP contribution < -0.4 is 14.9 Å². The van der Waals surface area contributed by atoms with Crippen LogP contribution in [0.3, 0.4) is 0 Å². The van der Waals surface area contributed by atoms with Gasteiger partial charge >= 0.3 is 0 Å². The Balaban J connectivity index is 0.00000385. The van der Waals surface area contributed by atoms with E-state index in [2.05, 4.69) is 46.3 Å². The highest BCUT2D eigenvalue weighted by Gasteiger charge is 2.19. The van der Waals surface area contributed by atoms with E-state index in [0.717, 1.165) is 38.5 Å². The van der Waals surface area contributed by atoms with E-state index in [9.17, 15) is 9.90 Å². The van der Waals surface area contributed by atoms with E-state index in [1.165, 1.54) is 30.0 Å². The van der Waals surface area contributed by atoms with Crippen LogP contribution in [0, 0.1) is 13.8 Å². The molecular weight excluding hydrogens is 420 g/mol. The number of ether oxygens (including phenoxy) is 2. The van der Waals surface area contributed by atoms with Crippen LogP contribution >= 0.6 is 0 Å². The summed E-state index contributed by atoms with van der Waals surface area (Å²) < 4.78 is 10.6. The van der Waals surface area contributed by atoms with Gasteiger partial charge < -0.3 is 14.6 Å². The normalized spacial score (nSPS) is 14.7. The molecule has 1 saturated heterocycles. The van der Waals surface area contributed by atoms with Gasteiger partial charge in [-0.05, 0) is 48.7 Å². The third kappa shape index (κ3) is 6.94. The van der Waals surface area contributed by atoms with Gasteiger partial charge in [0, 0.05) is 38.3 Å². The first-order valence-corrected chi connectivity index (χ1v) is 10.7. The van der Waals surface area contributed by atoms with E-state index in [1.807, 2.05) is 0 Å². The number of aryl methyl sites for hydroxylation is 1. The van der Waals surface area contributed by atoms with Crippen LogP contribution in [0.2, 0.25) is 0 Å². The summed E-state index contributed by atoms with van der Waals surface area (Å²) in [5.74, 6) is 1.09. The molecule has 2 aromatic carbocycles. The van der Waals surface area contributed by atoms with Gasteiger partial charge in [-0.1, -0.05) is 19.6 Å². The Morgan fingerprint density at radius 3 is 2.42 bits per heavy atom. The third-order valence-electron chi connectivity index (χ3n) is 5.78. The van der Waals surface area contributed by atoms with Crippen molar-refractivity contribution in [2.75, 3.05) is 46.9 Å². The molecule has 0 saturated carbocycles. The molecule has 0 unspecified atom stereocenters. The molecule has 0 bridgehead atoms. The van der Waals surface area contributed by atoms with Crippen molar-refractivity contribution in [2.24, 2.45) is 5.10 Å². The number of phenols is 1. The highest BCUT2D eigenvalue weighted by molar-refractivity contribution is 5.86. The number of piperazine rings is 1. The minimum Gasteiger partial charge on any atom is -0.504 e. The minimum absolute atomic E-state index is 0. The number of aromatic hydroxyl groups is 1. The van der Waals surface area contributed by atoms with Gasteiger partial charge in [0.15, 0.2) is 11.5 Å². The Kier molecular flexibility index (Phi) is 9.69. The first kappa shape index (κ1) is 26.2. The van der Waals surface area contributed by atoms with Gasteiger partial charge in [0.1, 0.15) is 5.75 Å². The average molecular weight is 457 g/mol. The number of nitrogens with zero attached hydrogens (tertiary/aromatic N) is 3. The summed E-state index contributed by atoms with van der Waals surface area (Å²) in [6.07, 6.45) is 1.41. The van der Waals surface area contributed by atoms with Crippen LogP contribution in [0.5, 0.6) is 17.2 Å². The lowest BCUT2D eigenvalue weighted by Crippen LogP contribution is -2.48.